The van der Waals surface area contributed by atoms with E-state index >= 15 is 0 Å². The van der Waals surface area contributed by atoms with Crippen LogP contribution in [-0.2, 0) is 26.5 Å². The van der Waals surface area contributed by atoms with E-state index in [1.807, 2.05) is 5.38 Å². The SMILES string of the molecule is [CH]CCc1[c-]c(-c2nc([CH])cs2)sc1.[Ir]. The molecule has 0 N–H and O–H groups in total. The monoisotopic (exact) mass is 411 g/mol. The number of aromatic nitrogens is 1. The second kappa shape index (κ2) is 5.90. The number of thiazole rings is 1. The third-order valence-corrected chi connectivity index (χ3v) is 3.66. The summed E-state index contributed by atoms with van der Waals surface area (Å²) in [5, 5.41) is 4.85. The quantitative estimate of drug-likeness (QED) is 0.707. The van der Waals surface area contributed by atoms with Crippen LogP contribution in [0.2, 0.25) is 0 Å². The predicted octanol–water partition coefficient (Wildman–Crippen LogP) is 3.37. The molecule has 2 heterocycles. The first-order valence-corrected chi connectivity index (χ1v) is 5.96. The van der Waals surface area contributed by atoms with Crippen molar-refractivity contribution < 1.29 is 20.1 Å². The Morgan fingerprint density at radius 3 is 2.73 bits per heavy atom. The zero-order valence-electron chi connectivity index (χ0n) is 7.82. The van der Waals surface area contributed by atoms with Crippen LogP contribution in [0.5, 0.6) is 0 Å². The van der Waals surface area contributed by atoms with Crippen molar-refractivity contribution in [1.82, 2.24) is 4.98 Å². The normalized spacial score (nSPS) is 10.0. The molecule has 2 rings (SSSR count). The smallest absolute Gasteiger partial charge is 0.0404 e. The fraction of sp³-hybridized carbons (Fsp3) is 0.182. The van der Waals surface area contributed by atoms with Gasteiger partial charge in [-0.3, -0.25) is 0 Å². The second-order valence-corrected chi connectivity index (χ2v) is 4.57. The molecule has 0 aliphatic heterocycles. The van der Waals surface area contributed by atoms with Crippen molar-refractivity contribution in [2.24, 2.45) is 0 Å². The van der Waals surface area contributed by atoms with Crippen LogP contribution in [0, 0.1) is 19.9 Å². The number of thiophene rings is 1. The van der Waals surface area contributed by atoms with Crippen molar-refractivity contribution in [2.75, 3.05) is 0 Å². The maximum Gasteiger partial charge on any atom is 0.0404 e. The Morgan fingerprint density at radius 2 is 2.13 bits per heavy atom. The molecule has 1 nitrogen and oxygen atoms in total. The molecule has 0 fully saturated rings. The van der Waals surface area contributed by atoms with E-state index in [9.17, 15) is 0 Å². The van der Waals surface area contributed by atoms with Gasteiger partial charge in [0.1, 0.15) is 0 Å². The molecule has 2 aromatic rings. The Kier molecular flexibility index (Phi) is 5.13. The molecule has 0 amide bonds. The van der Waals surface area contributed by atoms with Gasteiger partial charge in [-0.25, -0.2) is 11.3 Å². The number of rotatable bonds is 3. The molecule has 4 heteroatoms. The summed E-state index contributed by atoms with van der Waals surface area (Å²) in [4.78, 5) is 5.25. The van der Waals surface area contributed by atoms with Gasteiger partial charge in [-0.05, 0) is 19.8 Å². The maximum absolute atomic E-state index is 5.55. The van der Waals surface area contributed by atoms with Crippen LogP contribution in [-0.4, -0.2) is 4.98 Å². The minimum Gasteiger partial charge on any atom is -0.304 e. The van der Waals surface area contributed by atoms with Crippen LogP contribution >= 0.6 is 22.7 Å². The van der Waals surface area contributed by atoms with Crippen molar-refractivity contribution in [1.29, 1.82) is 0 Å². The molecule has 15 heavy (non-hydrogen) atoms. The summed E-state index contributed by atoms with van der Waals surface area (Å²) in [6.07, 6.45) is 1.53. The molecule has 0 bridgehead atoms. The number of hydrogen-bond acceptors (Lipinski definition) is 3. The average Bonchev–Trinajstić information content (AvgIpc) is 2.74. The van der Waals surface area contributed by atoms with Gasteiger partial charge in [0, 0.05) is 43.1 Å². The standard InChI is InChI=1S/C11H8NS2.Ir/c1-3-4-9-5-10(13-7-9)11-12-8(2)6-14-11;/h1-2,6-7H,3-4H2;/q-1;. The average molecular weight is 411 g/mol. The number of nitrogens with zero attached hydrogens (tertiary/aromatic N) is 1. The Bertz CT molecular complexity index is 420. The van der Waals surface area contributed by atoms with Gasteiger partial charge in [-0.2, -0.15) is 17.4 Å². The molecule has 0 spiro atoms. The van der Waals surface area contributed by atoms with Gasteiger partial charge in [0.15, 0.2) is 0 Å². The van der Waals surface area contributed by atoms with Crippen molar-refractivity contribution in [3.8, 4) is 9.88 Å². The summed E-state index contributed by atoms with van der Waals surface area (Å²) in [7, 11) is 0. The first kappa shape index (κ1) is 13.0. The number of aryl methyl sites for hydroxylation is 1. The van der Waals surface area contributed by atoms with Crippen LogP contribution in [0.1, 0.15) is 17.7 Å². The van der Waals surface area contributed by atoms with E-state index in [2.05, 4.69) is 16.4 Å². The van der Waals surface area contributed by atoms with Gasteiger partial charge < -0.3 is 4.98 Å². The third-order valence-electron chi connectivity index (χ3n) is 1.72. The third kappa shape index (κ3) is 3.22. The molecule has 0 aliphatic carbocycles. The molecular formula is C11H8IrNS2-. The Hall–Kier alpha value is -0.0206. The number of hydrogen-bond donors (Lipinski definition) is 0. The molecular weight excluding hydrogens is 402 g/mol. The Labute approximate surface area is 112 Å². The fourth-order valence-electron chi connectivity index (χ4n) is 1.11. The molecule has 0 aliphatic rings. The Balaban J connectivity index is 0.00000112. The summed E-state index contributed by atoms with van der Waals surface area (Å²) in [5.74, 6) is 0. The van der Waals surface area contributed by atoms with E-state index in [1.54, 1.807) is 22.7 Å². The first-order valence-electron chi connectivity index (χ1n) is 4.20. The van der Waals surface area contributed by atoms with Crippen molar-refractivity contribution >= 4 is 22.7 Å². The van der Waals surface area contributed by atoms with Crippen molar-refractivity contribution in [3.63, 3.8) is 0 Å². The summed E-state index contributed by atoms with van der Waals surface area (Å²) in [5.41, 5.74) is 1.73. The van der Waals surface area contributed by atoms with Gasteiger partial charge in [0.05, 0.1) is 0 Å². The van der Waals surface area contributed by atoms with Crippen LogP contribution in [0.25, 0.3) is 9.88 Å². The maximum atomic E-state index is 5.55. The summed E-state index contributed by atoms with van der Waals surface area (Å²) >= 11 is 3.18. The zero-order chi connectivity index (χ0) is 9.97. The predicted molar refractivity (Wildman–Crippen MR) is 60.3 cm³/mol. The molecule has 79 valence electrons. The molecule has 0 aromatic carbocycles. The Morgan fingerprint density at radius 1 is 1.33 bits per heavy atom. The van der Waals surface area contributed by atoms with E-state index in [1.165, 1.54) is 0 Å². The van der Waals surface area contributed by atoms with E-state index in [4.69, 9.17) is 13.8 Å². The van der Waals surface area contributed by atoms with Gasteiger partial charge in [-0.15, -0.1) is 10.9 Å². The van der Waals surface area contributed by atoms with E-state index < -0.39 is 0 Å². The van der Waals surface area contributed by atoms with Crippen LogP contribution < -0.4 is 0 Å². The molecule has 2 aromatic heterocycles. The van der Waals surface area contributed by atoms with Gasteiger partial charge in [-0.1, -0.05) is 4.88 Å². The summed E-state index contributed by atoms with van der Waals surface area (Å²) < 4.78 is 0. The van der Waals surface area contributed by atoms with Crippen molar-refractivity contribution in [3.05, 3.63) is 41.9 Å². The zero-order valence-corrected chi connectivity index (χ0v) is 11.8. The van der Waals surface area contributed by atoms with Crippen LogP contribution in [0.4, 0.5) is 0 Å². The van der Waals surface area contributed by atoms with Gasteiger partial charge in [0.2, 0.25) is 0 Å². The molecule has 0 unspecified atom stereocenters. The minimum atomic E-state index is 0. The molecule has 5 radical (unpaired) electrons. The van der Waals surface area contributed by atoms with Crippen LogP contribution in [0.3, 0.4) is 0 Å². The van der Waals surface area contributed by atoms with E-state index in [-0.39, 0.29) is 20.1 Å². The molecule has 0 atom stereocenters. The fourth-order valence-corrected chi connectivity index (χ4v) is 2.77. The summed E-state index contributed by atoms with van der Waals surface area (Å²) in [6.45, 7) is 11.0. The van der Waals surface area contributed by atoms with E-state index in [0.29, 0.717) is 12.1 Å². The first-order chi connectivity index (χ1) is 6.79. The topological polar surface area (TPSA) is 12.9 Å². The van der Waals surface area contributed by atoms with Crippen molar-refractivity contribution in [2.45, 2.75) is 12.8 Å². The summed E-state index contributed by atoms with van der Waals surface area (Å²) in [6, 6.07) is 3.27. The van der Waals surface area contributed by atoms with E-state index in [0.717, 1.165) is 21.9 Å². The largest absolute Gasteiger partial charge is 0.304 e. The van der Waals surface area contributed by atoms with Gasteiger partial charge in [0.25, 0.3) is 0 Å². The second-order valence-electron chi connectivity index (χ2n) is 2.83. The molecule has 0 saturated heterocycles. The van der Waals surface area contributed by atoms with Gasteiger partial charge >= 0.3 is 0 Å². The van der Waals surface area contributed by atoms with Crippen LogP contribution in [0.15, 0.2) is 10.8 Å². The molecule has 0 saturated carbocycles. The minimum absolute atomic E-state index is 0.